The molecule has 17 heavy (non-hydrogen) atoms. The third kappa shape index (κ3) is 3.52. The summed E-state index contributed by atoms with van der Waals surface area (Å²) in [5.74, 6) is 0.638. The van der Waals surface area contributed by atoms with Gasteiger partial charge in [0.05, 0.1) is 12.8 Å². The lowest BCUT2D eigenvalue weighted by molar-refractivity contribution is 0.227. The van der Waals surface area contributed by atoms with Gasteiger partial charge >= 0.3 is 0 Å². The van der Waals surface area contributed by atoms with Crippen molar-refractivity contribution in [1.29, 1.82) is 0 Å². The van der Waals surface area contributed by atoms with Crippen LogP contribution in [0.2, 0.25) is 0 Å². The van der Waals surface area contributed by atoms with E-state index in [1.165, 1.54) is 6.20 Å². The topological polar surface area (TPSA) is 95.1 Å². The first-order valence-electron chi connectivity index (χ1n) is 5.57. The molecule has 1 atom stereocenters. The van der Waals surface area contributed by atoms with Crippen LogP contribution in [0, 0.1) is 5.92 Å². The first kappa shape index (κ1) is 14.1. The number of imidazole rings is 1. The third-order valence-electron chi connectivity index (χ3n) is 2.54. The quantitative estimate of drug-likeness (QED) is 0.685. The minimum atomic E-state index is -3.63. The van der Waals surface area contributed by atoms with E-state index in [9.17, 15) is 8.42 Å². The van der Waals surface area contributed by atoms with E-state index < -0.39 is 16.1 Å². The van der Waals surface area contributed by atoms with Crippen LogP contribution in [0.25, 0.3) is 0 Å². The maximum atomic E-state index is 11.9. The van der Waals surface area contributed by atoms with E-state index >= 15 is 0 Å². The highest BCUT2D eigenvalue weighted by Crippen LogP contribution is 2.09. The van der Waals surface area contributed by atoms with Crippen LogP contribution in [0.5, 0.6) is 0 Å². The third-order valence-corrected chi connectivity index (χ3v) is 3.94. The molecule has 0 bridgehead atoms. The Morgan fingerprint density at radius 2 is 2.18 bits per heavy atom. The number of aliphatic hydroxyl groups excluding tert-OH is 1. The SMILES string of the molecule is CCc1ncc(S(=O)(=O)N[C@H](CO)C(C)C)[nH]1. The molecular weight excluding hydrogens is 242 g/mol. The highest BCUT2D eigenvalue weighted by Gasteiger charge is 2.23. The number of hydrogen-bond acceptors (Lipinski definition) is 4. The molecule has 0 aliphatic heterocycles. The molecule has 1 aromatic heterocycles. The number of H-pyrrole nitrogens is 1. The fourth-order valence-electron chi connectivity index (χ4n) is 1.31. The minimum Gasteiger partial charge on any atom is -0.395 e. The largest absolute Gasteiger partial charge is 0.395 e. The summed E-state index contributed by atoms with van der Waals surface area (Å²) in [5.41, 5.74) is 0. The van der Waals surface area contributed by atoms with Crippen LogP contribution in [0.4, 0.5) is 0 Å². The van der Waals surface area contributed by atoms with Gasteiger partial charge in [0.15, 0.2) is 5.03 Å². The maximum absolute atomic E-state index is 11.9. The summed E-state index contributed by atoms with van der Waals surface area (Å²) in [7, 11) is -3.63. The van der Waals surface area contributed by atoms with E-state index in [0.29, 0.717) is 12.2 Å². The van der Waals surface area contributed by atoms with Gasteiger partial charge in [-0.25, -0.2) is 18.1 Å². The van der Waals surface area contributed by atoms with Gasteiger partial charge < -0.3 is 10.1 Å². The lowest BCUT2D eigenvalue weighted by Crippen LogP contribution is -2.41. The Hall–Kier alpha value is -0.920. The van der Waals surface area contributed by atoms with Crippen LogP contribution < -0.4 is 4.72 Å². The van der Waals surface area contributed by atoms with E-state index in [0.717, 1.165) is 0 Å². The van der Waals surface area contributed by atoms with Gasteiger partial charge in [0.1, 0.15) is 5.82 Å². The van der Waals surface area contributed by atoms with Crippen LogP contribution in [0.15, 0.2) is 11.2 Å². The fraction of sp³-hybridized carbons (Fsp3) is 0.700. The van der Waals surface area contributed by atoms with E-state index in [-0.39, 0.29) is 17.6 Å². The minimum absolute atomic E-state index is 0.0170. The number of nitrogens with one attached hydrogen (secondary N) is 2. The molecule has 6 nitrogen and oxygen atoms in total. The van der Waals surface area contributed by atoms with Gasteiger partial charge in [0, 0.05) is 12.5 Å². The van der Waals surface area contributed by atoms with Crippen molar-refractivity contribution in [3.8, 4) is 0 Å². The number of aromatic nitrogens is 2. The number of rotatable bonds is 6. The van der Waals surface area contributed by atoms with Crippen LogP contribution in [-0.2, 0) is 16.4 Å². The molecule has 0 aliphatic rings. The average molecular weight is 261 g/mol. The van der Waals surface area contributed by atoms with Crippen molar-refractivity contribution in [3.63, 3.8) is 0 Å². The van der Waals surface area contributed by atoms with Crippen LogP contribution in [0.3, 0.4) is 0 Å². The second-order valence-electron chi connectivity index (χ2n) is 4.20. The van der Waals surface area contributed by atoms with Crippen molar-refractivity contribution in [2.45, 2.75) is 38.3 Å². The summed E-state index contributed by atoms with van der Waals surface area (Å²) in [6, 6.07) is -0.492. The van der Waals surface area contributed by atoms with Crippen LogP contribution in [0.1, 0.15) is 26.6 Å². The molecule has 7 heteroatoms. The molecule has 0 unspecified atom stereocenters. The normalized spacial score (nSPS) is 14.2. The van der Waals surface area contributed by atoms with Crippen molar-refractivity contribution in [2.75, 3.05) is 6.61 Å². The Kier molecular flexibility index (Phi) is 4.67. The molecule has 0 radical (unpaired) electrons. The molecule has 0 saturated heterocycles. The fourth-order valence-corrected chi connectivity index (χ4v) is 2.62. The second-order valence-corrected chi connectivity index (χ2v) is 5.88. The Morgan fingerprint density at radius 1 is 1.53 bits per heavy atom. The number of hydrogen-bond donors (Lipinski definition) is 3. The predicted octanol–water partition coefficient (Wildman–Crippen LogP) is 0.267. The van der Waals surface area contributed by atoms with Crippen molar-refractivity contribution >= 4 is 10.0 Å². The molecule has 0 aliphatic carbocycles. The van der Waals surface area contributed by atoms with Crippen molar-refractivity contribution in [3.05, 3.63) is 12.0 Å². The van der Waals surface area contributed by atoms with Crippen LogP contribution in [-0.4, -0.2) is 36.1 Å². The van der Waals surface area contributed by atoms with Gasteiger partial charge in [0.2, 0.25) is 0 Å². The van der Waals surface area contributed by atoms with Gasteiger partial charge in [-0.05, 0) is 5.92 Å². The summed E-state index contributed by atoms with van der Waals surface area (Å²) < 4.78 is 26.3. The molecule has 0 fully saturated rings. The molecule has 1 heterocycles. The zero-order valence-electron chi connectivity index (χ0n) is 10.3. The predicted molar refractivity (Wildman–Crippen MR) is 64.0 cm³/mol. The first-order valence-corrected chi connectivity index (χ1v) is 7.06. The highest BCUT2D eigenvalue weighted by atomic mass is 32.2. The Balaban J connectivity index is 2.88. The highest BCUT2D eigenvalue weighted by molar-refractivity contribution is 7.89. The zero-order valence-corrected chi connectivity index (χ0v) is 11.1. The number of nitrogens with zero attached hydrogens (tertiary/aromatic N) is 1. The lowest BCUT2D eigenvalue weighted by Gasteiger charge is -2.19. The first-order chi connectivity index (χ1) is 7.90. The molecule has 0 aromatic carbocycles. The van der Waals surface area contributed by atoms with E-state index in [4.69, 9.17) is 5.11 Å². The molecule has 1 rings (SSSR count). The average Bonchev–Trinajstić information content (AvgIpc) is 2.74. The number of aryl methyl sites for hydroxylation is 1. The molecule has 98 valence electrons. The standard InChI is InChI=1S/C10H19N3O3S/c1-4-9-11-5-10(12-9)17(15,16)13-8(6-14)7(2)3/h5,7-8,13-14H,4,6H2,1-3H3,(H,11,12)/t8-/m1/s1. The molecule has 1 aromatic rings. The summed E-state index contributed by atoms with van der Waals surface area (Å²) >= 11 is 0. The van der Waals surface area contributed by atoms with E-state index in [1.54, 1.807) is 0 Å². The second kappa shape index (κ2) is 5.61. The number of sulfonamides is 1. The lowest BCUT2D eigenvalue weighted by atomic mass is 10.1. The Labute approximate surface area is 102 Å². The van der Waals surface area contributed by atoms with E-state index in [1.807, 2.05) is 20.8 Å². The smallest absolute Gasteiger partial charge is 0.257 e. The zero-order chi connectivity index (χ0) is 13.1. The summed E-state index contributed by atoms with van der Waals surface area (Å²) in [6.07, 6.45) is 1.93. The summed E-state index contributed by atoms with van der Waals surface area (Å²) in [6.45, 7) is 5.33. The van der Waals surface area contributed by atoms with Gasteiger partial charge in [-0.2, -0.15) is 0 Å². The molecule has 0 saturated carbocycles. The van der Waals surface area contributed by atoms with Gasteiger partial charge in [-0.15, -0.1) is 0 Å². The van der Waals surface area contributed by atoms with Crippen LogP contribution >= 0.6 is 0 Å². The number of aliphatic hydroxyl groups is 1. The molecule has 0 spiro atoms. The van der Waals surface area contributed by atoms with Gasteiger partial charge in [-0.3, -0.25) is 0 Å². The van der Waals surface area contributed by atoms with E-state index in [2.05, 4.69) is 14.7 Å². The summed E-state index contributed by atoms with van der Waals surface area (Å²) in [5, 5.41) is 9.14. The number of aromatic amines is 1. The van der Waals surface area contributed by atoms with Crippen molar-refractivity contribution in [2.24, 2.45) is 5.92 Å². The Morgan fingerprint density at radius 3 is 2.59 bits per heavy atom. The van der Waals surface area contributed by atoms with Gasteiger partial charge in [-0.1, -0.05) is 20.8 Å². The van der Waals surface area contributed by atoms with Crippen molar-refractivity contribution < 1.29 is 13.5 Å². The summed E-state index contributed by atoms with van der Waals surface area (Å²) in [4.78, 5) is 6.67. The van der Waals surface area contributed by atoms with Gasteiger partial charge in [0.25, 0.3) is 10.0 Å². The monoisotopic (exact) mass is 261 g/mol. The molecule has 0 amide bonds. The van der Waals surface area contributed by atoms with Crippen molar-refractivity contribution in [1.82, 2.24) is 14.7 Å². The maximum Gasteiger partial charge on any atom is 0.257 e. The molecule has 3 N–H and O–H groups in total. The molecular formula is C10H19N3O3S. The Bertz CT molecular complexity index is 453.